The number of ether oxygens (including phenoxy) is 1. The average Bonchev–Trinajstić information content (AvgIpc) is 3.48. The van der Waals surface area contributed by atoms with E-state index in [0.717, 1.165) is 17.7 Å². The maximum absolute atomic E-state index is 12.8. The summed E-state index contributed by atoms with van der Waals surface area (Å²) >= 11 is 11.9. The summed E-state index contributed by atoms with van der Waals surface area (Å²) in [6.07, 6.45) is 1.85. The number of nitrogens with zero attached hydrogens (tertiary/aromatic N) is 1. The molecule has 0 aromatic heterocycles. The van der Waals surface area contributed by atoms with Crippen LogP contribution in [0.15, 0.2) is 36.4 Å². The van der Waals surface area contributed by atoms with Gasteiger partial charge in [0.25, 0.3) is 17.7 Å². The van der Waals surface area contributed by atoms with Crippen molar-refractivity contribution in [2.75, 3.05) is 11.5 Å². The first-order chi connectivity index (χ1) is 13.8. The van der Waals surface area contributed by atoms with E-state index < -0.39 is 24.4 Å². The number of carbonyl (C=O) groups excluding carboxylic acids is 4. The van der Waals surface area contributed by atoms with Crippen molar-refractivity contribution >= 4 is 52.6 Å². The van der Waals surface area contributed by atoms with Gasteiger partial charge in [-0.05, 0) is 49.2 Å². The zero-order chi connectivity index (χ0) is 20.7. The van der Waals surface area contributed by atoms with E-state index in [9.17, 15) is 19.2 Å². The lowest BCUT2D eigenvalue weighted by Gasteiger charge is -2.14. The fourth-order valence-electron chi connectivity index (χ4n) is 2.94. The minimum absolute atomic E-state index is 0.0676. The van der Waals surface area contributed by atoms with Crippen LogP contribution in [0.3, 0.4) is 0 Å². The number of amides is 3. The average molecular weight is 433 g/mol. The zero-order valence-electron chi connectivity index (χ0n) is 14.9. The van der Waals surface area contributed by atoms with Crippen molar-refractivity contribution in [3.05, 3.63) is 63.1 Å². The first-order valence-corrected chi connectivity index (χ1v) is 9.55. The minimum atomic E-state index is -0.757. The number of anilines is 1. The molecule has 1 aliphatic carbocycles. The molecule has 0 spiro atoms. The maximum atomic E-state index is 12.8. The van der Waals surface area contributed by atoms with Gasteiger partial charge in [-0.2, -0.15) is 0 Å². The Morgan fingerprint density at radius 1 is 1.00 bits per heavy atom. The third-order valence-electron chi connectivity index (χ3n) is 4.56. The van der Waals surface area contributed by atoms with E-state index >= 15 is 0 Å². The van der Waals surface area contributed by atoms with Crippen LogP contribution in [0.1, 0.15) is 43.9 Å². The molecular weight excluding hydrogens is 419 g/mol. The SMILES string of the molecule is O=C(COC(=O)c1ccc2c(c1)C(=O)N(c1ccc(Cl)c(Cl)c1)C2=O)NC1CC1. The Balaban J connectivity index is 1.52. The molecule has 29 heavy (non-hydrogen) atoms. The molecule has 7 nitrogen and oxygen atoms in total. The van der Waals surface area contributed by atoms with Crippen molar-refractivity contribution in [2.45, 2.75) is 18.9 Å². The van der Waals surface area contributed by atoms with Crippen LogP contribution in [-0.2, 0) is 9.53 Å². The van der Waals surface area contributed by atoms with Gasteiger partial charge >= 0.3 is 5.97 Å². The topological polar surface area (TPSA) is 92.8 Å². The molecule has 3 amide bonds. The van der Waals surface area contributed by atoms with E-state index in [1.165, 1.54) is 36.4 Å². The van der Waals surface area contributed by atoms with E-state index in [1.807, 2.05) is 0 Å². The number of imide groups is 1. The molecule has 0 bridgehead atoms. The monoisotopic (exact) mass is 432 g/mol. The van der Waals surface area contributed by atoms with Gasteiger partial charge in [-0.1, -0.05) is 23.2 Å². The molecule has 4 rings (SSSR count). The smallest absolute Gasteiger partial charge is 0.338 e. The van der Waals surface area contributed by atoms with E-state index in [1.54, 1.807) is 0 Å². The normalized spacial score (nSPS) is 15.3. The van der Waals surface area contributed by atoms with Crippen molar-refractivity contribution in [2.24, 2.45) is 0 Å². The van der Waals surface area contributed by atoms with Gasteiger partial charge in [0.15, 0.2) is 6.61 Å². The molecule has 0 radical (unpaired) electrons. The molecule has 1 heterocycles. The molecule has 2 aromatic rings. The standard InChI is InChI=1S/C20H14Cl2N2O5/c21-15-6-4-12(8-16(15)22)24-18(26)13-5-1-10(7-14(13)19(24)27)20(28)29-9-17(25)23-11-2-3-11/h1,4-8,11H,2-3,9H2,(H,23,25). The van der Waals surface area contributed by atoms with Crippen LogP contribution < -0.4 is 10.2 Å². The van der Waals surface area contributed by atoms with Crippen molar-refractivity contribution in [1.29, 1.82) is 0 Å². The number of hydrogen-bond acceptors (Lipinski definition) is 5. The summed E-state index contributed by atoms with van der Waals surface area (Å²) in [5.74, 6) is -2.26. The number of halogens is 2. The molecule has 2 aromatic carbocycles. The quantitative estimate of drug-likeness (QED) is 0.578. The fraction of sp³-hybridized carbons (Fsp3) is 0.200. The summed E-state index contributed by atoms with van der Waals surface area (Å²) < 4.78 is 4.99. The highest BCUT2D eigenvalue weighted by atomic mass is 35.5. The van der Waals surface area contributed by atoms with Crippen LogP contribution in [0.25, 0.3) is 0 Å². The predicted octanol–water partition coefficient (Wildman–Crippen LogP) is 3.23. The number of fused-ring (bicyclic) bond motifs is 1. The molecule has 148 valence electrons. The second-order valence-corrected chi connectivity index (χ2v) is 7.54. The first-order valence-electron chi connectivity index (χ1n) is 8.79. The summed E-state index contributed by atoms with van der Waals surface area (Å²) in [6.45, 7) is -0.408. The molecular formula is C20H14Cl2N2O5. The third kappa shape index (κ3) is 3.83. The highest BCUT2D eigenvalue weighted by Gasteiger charge is 2.37. The molecule has 1 aliphatic heterocycles. The number of rotatable bonds is 5. The maximum Gasteiger partial charge on any atom is 0.338 e. The highest BCUT2D eigenvalue weighted by Crippen LogP contribution is 2.33. The summed E-state index contributed by atoms with van der Waals surface area (Å²) in [4.78, 5) is 50.3. The van der Waals surface area contributed by atoms with Gasteiger partial charge in [0.05, 0.1) is 32.4 Å². The Hall–Kier alpha value is -2.90. The third-order valence-corrected chi connectivity index (χ3v) is 5.30. The van der Waals surface area contributed by atoms with Gasteiger partial charge < -0.3 is 10.1 Å². The van der Waals surface area contributed by atoms with Crippen molar-refractivity contribution < 1.29 is 23.9 Å². The van der Waals surface area contributed by atoms with Gasteiger partial charge in [-0.15, -0.1) is 0 Å². The largest absolute Gasteiger partial charge is 0.452 e. The van der Waals surface area contributed by atoms with Crippen molar-refractivity contribution in [1.82, 2.24) is 5.32 Å². The molecule has 1 fully saturated rings. The molecule has 1 N–H and O–H groups in total. The second kappa shape index (κ2) is 7.50. The van der Waals surface area contributed by atoms with Crippen LogP contribution in [0, 0.1) is 0 Å². The number of carbonyl (C=O) groups is 4. The lowest BCUT2D eigenvalue weighted by Crippen LogP contribution is -2.30. The zero-order valence-corrected chi connectivity index (χ0v) is 16.4. The minimum Gasteiger partial charge on any atom is -0.452 e. The van der Waals surface area contributed by atoms with Crippen LogP contribution in [0.2, 0.25) is 10.0 Å². The number of esters is 1. The summed E-state index contributed by atoms with van der Waals surface area (Å²) in [5.41, 5.74) is 0.564. The van der Waals surface area contributed by atoms with Crippen LogP contribution in [0.5, 0.6) is 0 Å². The van der Waals surface area contributed by atoms with Crippen LogP contribution >= 0.6 is 23.2 Å². The molecule has 0 saturated heterocycles. The Morgan fingerprint density at radius 2 is 1.72 bits per heavy atom. The number of benzene rings is 2. The van der Waals surface area contributed by atoms with Gasteiger partial charge in [-0.3, -0.25) is 14.4 Å². The van der Waals surface area contributed by atoms with E-state index in [2.05, 4.69) is 5.32 Å². The fourth-order valence-corrected chi connectivity index (χ4v) is 3.23. The van der Waals surface area contributed by atoms with Gasteiger partial charge in [0.1, 0.15) is 0 Å². The highest BCUT2D eigenvalue weighted by molar-refractivity contribution is 6.42. The van der Waals surface area contributed by atoms with Crippen molar-refractivity contribution in [3.63, 3.8) is 0 Å². The number of hydrogen-bond donors (Lipinski definition) is 1. The molecule has 0 atom stereocenters. The van der Waals surface area contributed by atoms with E-state index in [0.29, 0.717) is 5.02 Å². The van der Waals surface area contributed by atoms with Gasteiger partial charge in [-0.25, -0.2) is 9.69 Å². The van der Waals surface area contributed by atoms with Gasteiger partial charge in [0, 0.05) is 6.04 Å². The summed E-state index contributed by atoms with van der Waals surface area (Å²) in [6, 6.07) is 8.62. The Kier molecular flexibility index (Phi) is 5.02. The van der Waals surface area contributed by atoms with E-state index in [4.69, 9.17) is 27.9 Å². The first kappa shape index (κ1) is 19.4. The Morgan fingerprint density at radius 3 is 2.41 bits per heavy atom. The van der Waals surface area contributed by atoms with E-state index in [-0.39, 0.29) is 39.3 Å². The Bertz CT molecular complexity index is 1060. The lowest BCUT2D eigenvalue weighted by atomic mass is 10.1. The summed E-state index contributed by atoms with van der Waals surface area (Å²) in [7, 11) is 0. The second-order valence-electron chi connectivity index (χ2n) is 6.72. The summed E-state index contributed by atoms with van der Waals surface area (Å²) in [5, 5.41) is 3.20. The molecule has 2 aliphatic rings. The molecule has 0 unspecified atom stereocenters. The van der Waals surface area contributed by atoms with Gasteiger partial charge in [0.2, 0.25) is 0 Å². The predicted molar refractivity (Wildman–Crippen MR) is 105 cm³/mol. The van der Waals surface area contributed by atoms with Crippen LogP contribution in [0.4, 0.5) is 5.69 Å². The lowest BCUT2D eigenvalue weighted by molar-refractivity contribution is -0.124. The molecule has 9 heteroatoms. The van der Waals surface area contributed by atoms with Crippen molar-refractivity contribution in [3.8, 4) is 0 Å². The Labute approximate surface area is 175 Å². The molecule has 1 saturated carbocycles. The number of nitrogens with one attached hydrogen (secondary N) is 1. The van der Waals surface area contributed by atoms with Crippen LogP contribution in [-0.4, -0.2) is 36.3 Å².